The summed E-state index contributed by atoms with van der Waals surface area (Å²) in [6.45, 7) is 6.02. The smallest absolute Gasteiger partial charge is 0.236 e. The van der Waals surface area contributed by atoms with Crippen LogP contribution in [-0.2, 0) is 16.1 Å². The summed E-state index contributed by atoms with van der Waals surface area (Å²) in [5.74, 6) is 1.12. The van der Waals surface area contributed by atoms with Gasteiger partial charge in [0, 0.05) is 59.6 Å². The van der Waals surface area contributed by atoms with Gasteiger partial charge in [0.25, 0.3) is 0 Å². The second-order valence-corrected chi connectivity index (χ2v) is 6.24. The molecule has 7 heteroatoms. The predicted octanol–water partition coefficient (Wildman–Crippen LogP) is 0.0278. The number of carbonyl (C=O) groups excluding carboxylic acids is 1. The maximum Gasteiger partial charge on any atom is 0.236 e. The molecule has 7 nitrogen and oxygen atoms in total. The van der Waals surface area contributed by atoms with Gasteiger partial charge in [0.1, 0.15) is 5.82 Å². The molecule has 1 amide bonds. The van der Waals surface area contributed by atoms with Crippen LogP contribution in [0.3, 0.4) is 0 Å². The predicted molar refractivity (Wildman–Crippen MR) is 95.2 cm³/mol. The minimum atomic E-state index is 0.197. The van der Waals surface area contributed by atoms with Crippen molar-refractivity contribution < 1.29 is 9.53 Å². The standard InChI is InChI=1S/C17H29N5O2/c1-20(14-17(23)22-8-6-18-7-9-22)13-15-4-5-16(19-12-15)21(2)10-11-24-3/h4-5,12,18H,6-11,13-14H2,1-3H3. The minimum Gasteiger partial charge on any atom is -0.383 e. The van der Waals surface area contributed by atoms with Crippen LogP contribution in [0.2, 0.25) is 0 Å². The first-order chi connectivity index (χ1) is 11.6. The number of rotatable bonds is 8. The van der Waals surface area contributed by atoms with Crippen molar-refractivity contribution in [3.63, 3.8) is 0 Å². The number of aromatic nitrogens is 1. The zero-order chi connectivity index (χ0) is 17.4. The third-order valence-electron chi connectivity index (χ3n) is 4.16. The van der Waals surface area contributed by atoms with Gasteiger partial charge in [-0.25, -0.2) is 4.98 Å². The molecule has 0 spiro atoms. The molecule has 1 aromatic heterocycles. The lowest BCUT2D eigenvalue weighted by Crippen LogP contribution is -2.49. The van der Waals surface area contributed by atoms with Gasteiger partial charge in [-0.3, -0.25) is 9.69 Å². The van der Waals surface area contributed by atoms with Crippen molar-refractivity contribution >= 4 is 11.7 Å². The first kappa shape index (κ1) is 18.6. The average Bonchev–Trinajstić information content (AvgIpc) is 2.61. The zero-order valence-corrected chi connectivity index (χ0v) is 15.0. The fraction of sp³-hybridized carbons (Fsp3) is 0.647. The molecule has 1 aliphatic rings. The Balaban J connectivity index is 1.80. The number of hydrogen-bond donors (Lipinski definition) is 1. The number of amides is 1. The van der Waals surface area contributed by atoms with Gasteiger partial charge in [-0.1, -0.05) is 6.07 Å². The summed E-state index contributed by atoms with van der Waals surface area (Å²) in [6, 6.07) is 4.08. The summed E-state index contributed by atoms with van der Waals surface area (Å²) in [7, 11) is 5.67. The van der Waals surface area contributed by atoms with Gasteiger partial charge in [-0.05, 0) is 18.7 Å². The number of nitrogens with zero attached hydrogens (tertiary/aromatic N) is 4. The fourth-order valence-corrected chi connectivity index (χ4v) is 2.69. The SMILES string of the molecule is COCCN(C)c1ccc(CN(C)CC(=O)N2CCNCC2)cn1. The van der Waals surface area contributed by atoms with E-state index in [1.54, 1.807) is 7.11 Å². The van der Waals surface area contributed by atoms with E-state index in [4.69, 9.17) is 4.74 Å². The van der Waals surface area contributed by atoms with Gasteiger partial charge in [0.15, 0.2) is 0 Å². The Morgan fingerprint density at radius 1 is 1.33 bits per heavy atom. The van der Waals surface area contributed by atoms with E-state index in [-0.39, 0.29) is 5.91 Å². The van der Waals surface area contributed by atoms with Crippen molar-refractivity contribution in [3.05, 3.63) is 23.9 Å². The molecule has 24 heavy (non-hydrogen) atoms. The second-order valence-electron chi connectivity index (χ2n) is 6.24. The molecule has 1 aliphatic heterocycles. The molecule has 0 bridgehead atoms. The van der Waals surface area contributed by atoms with E-state index in [9.17, 15) is 4.79 Å². The number of piperazine rings is 1. The maximum absolute atomic E-state index is 12.3. The largest absolute Gasteiger partial charge is 0.383 e. The molecule has 2 rings (SSSR count). The summed E-state index contributed by atoms with van der Waals surface area (Å²) in [4.78, 5) is 22.8. The van der Waals surface area contributed by atoms with Crippen molar-refractivity contribution in [3.8, 4) is 0 Å². The van der Waals surface area contributed by atoms with E-state index < -0.39 is 0 Å². The van der Waals surface area contributed by atoms with Crippen LogP contribution >= 0.6 is 0 Å². The van der Waals surface area contributed by atoms with Crippen molar-refractivity contribution in [1.29, 1.82) is 0 Å². The number of nitrogens with one attached hydrogen (secondary N) is 1. The Labute approximate surface area is 144 Å². The summed E-state index contributed by atoms with van der Waals surface area (Å²) in [5, 5.41) is 3.26. The van der Waals surface area contributed by atoms with Gasteiger partial charge in [0.05, 0.1) is 13.2 Å². The lowest BCUT2D eigenvalue weighted by molar-refractivity contribution is -0.132. The van der Waals surface area contributed by atoms with Crippen LogP contribution < -0.4 is 10.2 Å². The van der Waals surface area contributed by atoms with Crippen LogP contribution in [0.5, 0.6) is 0 Å². The van der Waals surface area contributed by atoms with Gasteiger partial charge >= 0.3 is 0 Å². The molecule has 1 saturated heterocycles. The summed E-state index contributed by atoms with van der Waals surface area (Å²) >= 11 is 0. The Hall–Kier alpha value is -1.70. The van der Waals surface area contributed by atoms with E-state index in [1.165, 1.54) is 0 Å². The van der Waals surface area contributed by atoms with E-state index >= 15 is 0 Å². The molecule has 0 aliphatic carbocycles. The quantitative estimate of drug-likeness (QED) is 0.723. The van der Waals surface area contributed by atoms with Crippen LogP contribution in [0.1, 0.15) is 5.56 Å². The average molecular weight is 335 g/mol. The van der Waals surface area contributed by atoms with Crippen molar-refractivity contribution in [2.24, 2.45) is 0 Å². The first-order valence-corrected chi connectivity index (χ1v) is 8.42. The normalized spacial score (nSPS) is 14.9. The molecule has 134 valence electrons. The van der Waals surface area contributed by atoms with Crippen LogP contribution in [0.25, 0.3) is 0 Å². The number of hydrogen-bond acceptors (Lipinski definition) is 6. The van der Waals surface area contributed by atoms with Gasteiger partial charge < -0.3 is 19.9 Å². The molecule has 0 radical (unpaired) electrons. The van der Waals surface area contributed by atoms with Crippen molar-refractivity contribution in [2.45, 2.75) is 6.54 Å². The molecule has 1 aromatic rings. The number of carbonyl (C=O) groups is 1. The molecule has 0 atom stereocenters. The van der Waals surface area contributed by atoms with Crippen molar-refractivity contribution in [2.75, 3.05) is 72.0 Å². The number of anilines is 1. The first-order valence-electron chi connectivity index (χ1n) is 8.42. The minimum absolute atomic E-state index is 0.197. The Morgan fingerprint density at radius 2 is 2.08 bits per heavy atom. The van der Waals surface area contributed by atoms with Crippen LogP contribution in [-0.4, -0.2) is 87.8 Å². The molecule has 0 saturated carbocycles. The third-order valence-corrected chi connectivity index (χ3v) is 4.16. The van der Waals surface area contributed by atoms with Crippen LogP contribution in [0.4, 0.5) is 5.82 Å². The summed E-state index contributed by atoms with van der Waals surface area (Å²) < 4.78 is 5.08. The number of ether oxygens (including phenoxy) is 1. The lowest BCUT2D eigenvalue weighted by Gasteiger charge is -2.29. The topological polar surface area (TPSA) is 60.9 Å². The molecule has 0 aromatic carbocycles. The van der Waals surface area contributed by atoms with Crippen molar-refractivity contribution in [1.82, 2.24) is 20.1 Å². The van der Waals surface area contributed by atoms with E-state index in [1.807, 2.05) is 36.2 Å². The Bertz CT molecular complexity index is 502. The van der Waals surface area contributed by atoms with Crippen LogP contribution in [0, 0.1) is 0 Å². The van der Waals surface area contributed by atoms with E-state index in [2.05, 4.69) is 21.3 Å². The second kappa shape index (κ2) is 9.56. The molecular weight excluding hydrogens is 306 g/mol. The van der Waals surface area contributed by atoms with E-state index in [0.717, 1.165) is 44.1 Å². The molecule has 1 fully saturated rings. The van der Waals surface area contributed by atoms with E-state index in [0.29, 0.717) is 19.7 Å². The lowest BCUT2D eigenvalue weighted by atomic mass is 10.2. The Morgan fingerprint density at radius 3 is 2.71 bits per heavy atom. The third kappa shape index (κ3) is 5.74. The molecule has 1 N–H and O–H groups in total. The molecule has 2 heterocycles. The summed E-state index contributed by atoms with van der Waals surface area (Å²) in [6.07, 6.45) is 1.88. The van der Waals surface area contributed by atoms with Gasteiger partial charge in [-0.2, -0.15) is 0 Å². The highest BCUT2D eigenvalue weighted by Crippen LogP contribution is 2.11. The van der Waals surface area contributed by atoms with Gasteiger partial charge in [0.2, 0.25) is 5.91 Å². The Kier molecular flexibility index (Phi) is 7.42. The summed E-state index contributed by atoms with van der Waals surface area (Å²) in [5.41, 5.74) is 1.11. The van der Waals surface area contributed by atoms with Crippen LogP contribution in [0.15, 0.2) is 18.3 Å². The maximum atomic E-state index is 12.3. The highest BCUT2D eigenvalue weighted by atomic mass is 16.5. The number of pyridine rings is 1. The number of likely N-dealkylation sites (N-methyl/N-ethyl adjacent to an activating group) is 2. The van der Waals surface area contributed by atoms with Gasteiger partial charge in [-0.15, -0.1) is 0 Å². The molecule has 0 unspecified atom stereocenters. The molecular formula is C17H29N5O2. The zero-order valence-electron chi connectivity index (χ0n) is 15.0. The highest BCUT2D eigenvalue weighted by molar-refractivity contribution is 5.78. The number of methoxy groups -OCH3 is 1. The highest BCUT2D eigenvalue weighted by Gasteiger charge is 2.17. The monoisotopic (exact) mass is 335 g/mol. The fourth-order valence-electron chi connectivity index (χ4n) is 2.69.